The van der Waals surface area contributed by atoms with Crippen molar-refractivity contribution < 1.29 is 14.3 Å². The van der Waals surface area contributed by atoms with Crippen LogP contribution in [0, 0.1) is 28.6 Å². The minimum atomic E-state index is 0.0294. The molecule has 4 aliphatic carbocycles. The number of carbonyl (C=O) groups excluding carboxylic acids is 2. The zero-order valence-electron chi connectivity index (χ0n) is 18.8. The van der Waals surface area contributed by atoms with Crippen LogP contribution in [0.2, 0.25) is 0 Å². The highest BCUT2D eigenvalue weighted by Crippen LogP contribution is 2.65. The molecule has 0 saturated heterocycles. The SMILES string of the molecule is CCCCCCC(=O)O[C@@H]1CC[C@@H]2[C@H]3CCC4=CC(=O)CC[C@]4(C)[C@@H]3CC[C@@]21C. The third-order valence-electron chi connectivity index (χ3n) is 9.38. The van der Waals surface area contributed by atoms with Crippen LogP contribution in [-0.4, -0.2) is 17.9 Å². The summed E-state index contributed by atoms with van der Waals surface area (Å²) in [7, 11) is 0. The topological polar surface area (TPSA) is 43.4 Å². The molecule has 0 unspecified atom stereocenters. The molecule has 3 heteroatoms. The molecule has 0 spiro atoms. The van der Waals surface area contributed by atoms with Crippen molar-refractivity contribution in [1.29, 1.82) is 0 Å². The predicted molar refractivity (Wildman–Crippen MR) is 115 cm³/mol. The van der Waals surface area contributed by atoms with Crippen LogP contribution in [0.25, 0.3) is 0 Å². The Hall–Kier alpha value is -1.12. The molecule has 0 aromatic rings. The fourth-order valence-corrected chi connectivity index (χ4v) is 7.62. The Labute approximate surface area is 177 Å². The summed E-state index contributed by atoms with van der Waals surface area (Å²) in [5, 5.41) is 0. The van der Waals surface area contributed by atoms with Gasteiger partial charge in [0.2, 0.25) is 0 Å². The second kappa shape index (κ2) is 8.19. The van der Waals surface area contributed by atoms with Gasteiger partial charge in [-0.05, 0) is 80.6 Å². The number of ether oxygens (including phenoxy) is 1. The van der Waals surface area contributed by atoms with Crippen LogP contribution in [0.15, 0.2) is 11.6 Å². The lowest BCUT2D eigenvalue weighted by Gasteiger charge is -2.57. The molecule has 0 heterocycles. The maximum atomic E-state index is 12.5. The number of fused-ring (bicyclic) bond motifs is 5. The summed E-state index contributed by atoms with van der Waals surface area (Å²) < 4.78 is 6.09. The number of hydrogen-bond acceptors (Lipinski definition) is 3. The maximum Gasteiger partial charge on any atom is 0.306 e. The van der Waals surface area contributed by atoms with Gasteiger partial charge in [0.05, 0.1) is 0 Å². The Balaban J connectivity index is 1.43. The molecule has 3 fully saturated rings. The van der Waals surface area contributed by atoms with Crippen molar-refractivity contribution in [2.45, 2.75) is 110 Å². The average Bonchev–Trinajstić information content (AvgIpc) is 3.02. The Bertz CT molecular complexity index is 679. The van der Waals surface area contributed by atoms with Gasteiger partial charge in [0.25, 0.3) is 0 Å². The van der Waals surface area contributed by atoms with E-state index < -0.39 is 0 Å². The quantitative estimate of drug-likeness (QED) is 0.383. The summed E-state index contributed by atoms with van der Waals surface area (Å²) in [5.74, 6) is 2.48. The Morgan fingerprint density at radius 3 is 2.66 bits per heavy atom. The highest BCUT2D eigenvalue weighted by molar-refractivity contribution is 5.91. The van der Waals surface area contributed by atoms with Crippen LogP contribution in [0.1, 0.15) is 104 Å². The third-order valence-corrected chi connectivity index (χ3v) is 9.38. The zero-order chi connectivity index (χ0) is 20.6. The lowest BCUT2D eigenvalue weighted by atomic mass is 9.47. The molecule has 0 aromatic carbocycles. The van der Waals surface area contributed by atoms with E-state index in [-0.39, 0.29) is 22.9 Å². The van der Waals surface area contributed by atoms with Crippen LogP contribution in [0.3, 0.4) is 0 Å². The van der Waals surface area contributed by atoms with Crippen LogP contribution in [0.4, 0.5) is 0 Å². The molecular weight excluding hydrogens is 360 g/mol. The first-order valence-corrected chi connectivity index (χ1v) is 12.3. The van der Waals surface area contributed by atoms with E-state index in [1.807, 2.05) is 6.08 Å². The van der Waals surface area contributed by atoms with Gasteiger partial charge in [-0.25, -0.2) is 0 Å². The van der Waals surface area contributed by atoms with Gasteiger partial charge in [0.15, 0.2) is 5.78 Å². The van der Waals surface area contributed by atoms with Crippen molar-refractivity contribution in [2.24, 2.45) is 28.6 Å². The van der Waals surface area contributed by atoms with E-state index in [1.54, 1.807) is 0 Å². The van der Waals surface area contributed by atoms with Crippen molar-refractivity contribution in [3.63, 3.8) is 0 Å². The van der Waals surface area contributed by atoms with Crippen molar-refractivity contribution in [3.8, 4) is 0 Å². The van der Waals surface area contributed by atoms with E-state index in [9.17, 15) is 9.59 Å². The summed E-state index contributed by atoms with van der Waals surface area (Å²) in [6, 6.07) is 0. The molecule has 4 aliphatic rings. The van der Waals surface area contributed by atoms with Gasteiger partial charge in [-0.1, -0.05) is 45.6 Å². The van der Waals surface area contributed by atoms with Crippen LogP contribution in [0.5, 0.6) is 0 Å². The van der Waals surface area contributed by atoms with E-state index >= 15 is 0 Å². The van der Waals surface area contributed by atoms with Gasteiger partial charge in [-0.15, -0.1) is 0 Å². The molecule has 0 amide bonds. The smallest absolute Gasteiger partial charge is 0.306 e. The van der Waals surface area contributed by atoms with Gasteiger partial charge in [0, 0.05) is 18.3 Å². The molecule has 0 radical (unpaired) electrons. The number of allylic oxidation sites excluding steroid dienone is 1. The van der Waals surface area contributed by atoms with Crippen LogP contribution in [-0.2, 0) is 14.3 Å². The summed E-state index contributed by atoms with van der Waals surface area (Å²) in [6.07, 6.45) is 15.9. The monoisotopic (exact) mass is 400 g/mol. The second-order valence-electron chi connectivity index (χ2n) is 10.9. The van der Waals surface area contributed by atoms with Crippen LogP contribution >= 0.6 is 0 Å². The molecule has 29 heavy (non-hydrogen) atoms. The van der Waals surface area contributed by atoms with Gasteiger partial charge in [-0.2, -0.15) is 0 Å². The second-order valence-corrected chi connectivity index (χ2v) is 10.9. The number of carbonyl (C=O) groups is 2. The summed E-state index contributed by atoms with van der Waals surface area (Å²) >= 11 is 0. The lowest BCUT2D eigenvalue weighted by Crippen LogP contribution is -2.51. The number of ketones is 1. The van der Waals surface area contributed by atoms with E-state index in [1.165, 1.54) is 44.1 Å². The normalized spacial score (nSPS) is 41.2. The van der Waals surface area contributed by atoms with E-state index in [0.29, 0.717) is 24.0 Å². The van der Waals surface area contributed by atoms with E-state index in [4.69, 9.17) is 4.74 Å². The molecular formula is C26H40O3. The summed E-state index contributed by atoms with van der Waals surface area (Å²) in [4.78, 5) is 24.5. The fraction of sp³-hybridized carbons (Fsp3) is 0.846. The van der Waals surface area contributed by atoms with Crippen molar-refractivity contribution in [2.75, 3.05) is 0 Å². The standard InChI is InChI=1S/C26H40O3/c1-4-5-6-7-8-24(28)29-23-12-11-21-20-10-9-18-17-19(27)13-15-25(18,2)22(20)14-16-26(21,23)3/h17,20-23H,4-16H2,1-3H3/t20-,21-,22-,23-,25+,26+/m1/s1. The molecule has 0 bridgehead atoms. The van der Waals surface area contributed by atoms with E-state index in [2.05, 4.69) is 20.8 Å². The summed E-state index contributed by atoms with van der Waals surface area (Å²) in [6.45, 7) is 7.05. The molecule has 3 saturated carbocycles. The Morgan fingerprint density at radius 1 is 1.03 bits per heavy atom. The highest BCUT2D eigenvalue weighted by Gasteiger charge is 2.59. The van der Waals surface area contributed by atoms with Crippen molar-refractivity contribution in [3.05, 3.63) is 11.6 Å². The number of hydrogen-bond donors (Lipinski definition) is 0. The minimum absolute atomic E-state index is 0.0294. The molecule has 4 rings (SSSR count). The average molecular weight is 401 g/mol. The number of unbranched alkanes of at least 4 members (excludes halogenated alkanes) is 3. The highest BCUT2D eigenvalue weighted by atomic mass is 16.5. The Kier molecular flexibility index (Phi) is 5.97. The largest absolute Gasteiger partial charge is 0.462 e. The molecule has 3 nitrogen and oxygen atoms in total. The summed E-state index contributed by atoms with van der Waals surface area (Å²) in [5.41, 5.74) is 1.82. The first kappa shape index (κ1) is 21.1. The van der Waals surface area contributed by atoms with Crippen molar-refractivity contribution in [1.82, 2.24) is 0 Å². The molecule has 162 valence electrons. The molecule has 0 aliphatic heterocycles. The van der Waals surface area contributed by atoms with Gasteiger partial charge in [0.1, 0.15) is 6.10 Å². The van der Waals surface area contributed by atoms with Gasteiger partial charge in [-0.3, -0.25) is 9.59 Å². The zero-order valence-corrected chi connectivity index (χ0v) is 18.8. The molecule has 0 aromatic heterocycles. The van der Waals surface area contributed by atoms with Crippen molar-refractivity contribution >= 4 is 11.8 Å². The number of esters is 1. The molecule has 6 atom stereocenters. The molecule has 0 N–H and O–H groups in total. The van der Waals surface area contributed by atoms with Gasteiger partial charge < -0.3 is 4.74 Å². The van der Waals surface area contributed by atoms with Crippen LogP contribution < -0.4 is 0 Å². The van der Waals surface area contributed by atoms with E-state index in [0.717, 1.165) is 44.4 Å². The number of rotatable bonds is 6. The lowest BCUT2D eigenvalue weighted by molar-refractivity contribution is -0.160. The third kappa shape index (κ3) is 3.72. The fourth-order valence-electron chi connectivity index (χ4n) is 7.62. The minimum Gasteiger partial charge on any atom is -0.462 e. The Morgan fingerprint density at radius 2 is 1.86 bits per heavy atom. The predicted octanol–water partition coefficient (Wildman–Crippen LogP) is 6.40. The first-order chi connectivity index (χ1) is 13.9. The van der Waals surface area contributed by atoms with Gasteiger partial charge >= 0.3 is 5.97 Å². The first-order valence-electron chi connectivity index (χ1n) is 12.3. The maximum absolute atomic E-state index is 12.5.